The number of halogens is 3. The van der Waals surface area contributed by atoms with Gasteiger partial charge in [0.25, 0.3) is 0 Å². The molecule has 9 heteroatoms. The van der Waals surface area contributed by atoms with Crippen LogP contribution in [0.25, 0.3) is 0 Å². The van der Waals surface area contributed by atoms with Gasteiger partial charge in [-0.05, 0) is 66.1 Å². The summed E-state index contributed by atoms with van der Waals surface area (Å²) in [5.74, 6) is 0.0571. The zero-order valence-corrected chi connectivity index (χ0v) is 16.3. The van der Waals surface area contributed by atoms with Crippen LogP contribution >= 0.6 is 28.1 Å². The van der Waals surface area contributed by atoms with Crippen LogP contribution in [0.5, 0.6) is 5.75 Å². The van der Waals surface area contributed by atoms with Crippen molar-refractivity contribution >= 4 is 38.9 Å². The van der Waals surface area contributed by atoms with Crippen LogP contribution in [0.1, 0.15) is 17.7 Å². The standard InChI is InChI=1S/C16H19BrF2N4OS/c1-10-4-5-14(24-15(18)19)13(8-10)21-16(25)20-6-3-7-23-9-12(17)11(2)22-23/h4-5,8-9,15H,3,6-7H2,1-2H3,(H2,20,21,25). The second-order valence-electron chi connectivity index (χ2n) is 5.44. The molecular formula is C16H19BrF2N4OS. The summed E-state index contributed by atoms with van der Waals surface area (Å²) in [6, 6.07) is 4.89. The number of nitrogens with one attached hydrogen (secondary N) is 2. The van der Waals surface area contributed by atoms with E-state index in [0.29, 0.717) is 17.3 Å². The minimum atomic E-state index is -2.89. The van der Waals surface area contributed by atoms with Crippen molar-refractivity contribution in [3.05, 3.63) is 40.1 Å². The van der Waals surface area contributed by atoms with E-state index in [9.17, 15) is 8.78 Å². The molecule has 1 heterocycles. The molecule has 0 saturated heterocycles. The van der Waals surface area contributed by atoms with Crippen LogP contribution in [0.3, 0.4) is 0 Å². The van der Waals surface area contributed by atoms with Gasteiger partial charge in [-0.2, -0.15) is 13.9 Å². The summed E-state index contributed by atoms with van der Waals surface area (Å²) >= 11 is 8.63. The number of hydrogen-bond donors (Lipinski definition) is 2. The van der Waals surface area contributed by atoms with Gasteiger partial charge in [-0.1, -0.05) is 6.07 Å². The zero-order chi connectivity index (χ0) is 18.4. The largest absolute Gasteiger partial charge is 0.433 e. The van der Waals surface area contributed by atoms with Crippen LogP contribution in [-0.4, -0.2) is 28.0 Å². The van der Waals surface area contributed by atoms with E-state index in [1.54, 1.807) is 12.1 Å². The first-order chi connectivity index (χ1) is 11.8. The van der Waals surface area contributed by atoms with Crippen molar-refractivity contribution in [2.75, 3.05) is 11.9 Å². The highest BCUT2D eigenvalue weighted by Crippen LogP contribution is 2.27. The molecule has 25 heavy (non-hydrogen) atoms. The maximum Gasteiger partial charge on any atom is 0.387 e. The molecule has 0 saturated carbocycles. The normalized spacial score (nSPS) is 10.8. The van der Waals surface area contributed by atoms with Gasteiger partial charge in [0, 0.05) is 19.3 Å². The molecule has 0 aliphatic heterocycles. The van der Waals surface area contributed by atoms with E-state index in [1.165, 1.54) is 6.07 Å². The Kier molecular flexibility index (Phi) is 7.12. The van der Waals surface area contributed by atoms with Crippen molar-refractivity contribution in [1.29, 1.82) is 0 Å². The molecule has 0 bridgehead atoms. The van der Waals surface area contributed by atoms with Crippen molar-refractivity contribution in [3.63, 3.8) is 0 Å². The van der Waals surface area contributed by atoms with E-state index in [2.05, 4.69) is 36.4 Å². The molecule has 0 unspecified atom stereocenters. The number of thiocarbonyl (C=S) groups is 1. The number of alkyl halides is 2. The number of anilines is 1. The predicted molar refractivity (Wildman–Crippen MR) is 101 cm³/mol. The molecule has 2 aromatic rings. The molecule has 136 valence electrons. The summed E-state index contributed by atoms with van der Waals surface area (Å²) in [6.45, 7) is 2.27. The van der Waals surface area contributed by atoms with Gasteiger partial charge >= 0.3 is 6.61 Å². The van der Waals surface area contributed by atoms with E-state index in [1.807, 2.05) is 24.7 Å². The highest BCUT2D eigenvalue weighted by atomic mass is 79.9. The summed E-state index contributed by atoms with van der Waals surface area (Å²) in [7, 11) is 0. The monoisotopic (exact) mass is 432 g/mol. The van der Waals surface area contributed by atoms with Gasteiger partial charge in [0.1, 0.15) is 5.75 Å². The molecule has 0 atom stereocenters. The molecule has 1 aromatic carbocycles. The van der Waals surface area contributed by atoms with Crippen molar-refractivity contribution in [2.24, 2.45) is 0 Å². The Labute approximate surface area is 158 Å². The maximum atomic E-state index is 12.5. The first kappa shape index (κ1) is 19.6. The Balaban J connectivity index is 1.82. The van der Waals surface area contributed by atoms with Crippen molar-refractivity contribution in [1.82, 2.24) is 15.1 Å². The quantitative estimate of drug-likeness (QED) is 0.506. The number of rotatable bonds is 7. The van der Waals surface area contributed by atoms with E-state index < -0.39 is 6.61 Å². The number of ether oxygens (including phenoxy) is 1. The third-order valence-electron chi connectivity index (χ3n) is 3.34. The van der Waals surface area contributed by atoms with Gasteiger partial charge in [-0.25, -0.2) is 0 Å². The predicted octanol–water partition coefficient (Wildman–Crippen LogP) is 4.24. The molecule has 2 N–H and O–H groups in total. The lowest BCUT2D eigenvalue weighted by molar-refractivity contribution is -0.0493. The van der Waals surface area contributed by atoms with Gasteiger partial charge in [0.2, 0.25) is 0 Å². The van der Waals surface area contributed by atoms with Crippen LogP contribution < -0.4 is 15.4 Å². The van der Waals surface area contributed by atoms with Crippen LogP contribution in [-0.2, 0) is 6.54 Å². The highest BCUT2D eigenvalue weighted by Gasteiger charge is 2.11. The molecule has 0 amide bonds. The summed E-state index contributed by atoms with van der Waals surface area (Å²) in [6.07, 6.45) is 2.73. The molecule has 0 aliphatic carbocycles. The van der Waals surface area contributed by atoms with Crippen LogP contribution in [0.4, 0.5) is 14.5 Å². The number of nitrogens with zero attached hydrogens (tertiary/aromatic N) is 2. The summed E-state index contributed by atoms with van der Waals surface area (Å²) in [5.41, 5.74) is 2.26. The molecule has 0 radical (unpaired) electrons. The lowest BCUT2D eigenvalue weighted by Crippen LogP contribution is -2.30. The Morgan fingerprint density at radius 1 is 1.40 bits per heavy atom. The van der Waals surface area contributed by atoms with E-state index in [4.69, 9.17) is 12.2 Å². The van der Waals surface area contributed by atoms with E-state index in [-0.39, 0.29) is 5.75 Å². The number of aromatic nitrogens is 2. The molecular weight excluding hydrogens is 414 g/mol. The zero-order valence-electron chi connectivity index (χ0n) is 13.9. The molecule has 0 fully saturated rings. The third kappa shape index (κ3) is 6.24. The van der Waals surface area contributed by atoms with Gasteiger partial charge in [0.15, 0.2) is 5.11 Å². The smallest absolute Gasteiger partial charge is 0.387 e. The minimum Gasteiger partial charge on any atom is -0.433 e. The SMILES string of the molecule is Cc1ccc(OC(F)F)c(NC(=S)NCCCn2cc(Br)c(C)n2)c1. The number of hydrogen-bond acceptors (Lipinski definition) is 3. The fourth-order valence-corrected chi connectivity index (χ4v) is 2.69. The van der Waals surface area contributed by atoms with Crippen LogP contribution in [0, 0.1) is 13.8 Å². The van der Waals surface area contributed by atoms with Crippen LogP contribution in [0.15, 0.2) is 28.9 Å². The highest BCUT2D eigenvalue weighted by molar-refractivity contribution is 9.10. The van der Waals surface area contributed by atoms with E-state index >= 15 is 0 Å². The summed E-state index contributed by atoms with van der Waals surface area (Å²) < 4.78 is 32.3. The van der Waals surface area contributed by atoms with Crippen molar-refractivity contribution in [3.8, 4) is 5.75 Å². The van der Waals surface area contributed by atoms with Gasteiger partial charge in [-0.3, -0.25) is 4.68 Å². The number of benzene rings is 1. The van der Waals surface area contributed by atoms with Crippen LogP contribution in [0.2, 0.25) is 0 Å². The second kappa shape index (κ2) is 9.10. The lowest BCUT2D eigenvalue weighted by atomic mass is 10.2. The van der Waals surface area contributed by atoms with Crippen molar-refractivity contribution < 1.29 is 13.5 Å². The number of aryl methyl sites for hydroxylation is 3. The van der Waals surface area contributed by atoms with E-state index in [0.717, 1.165) is 28.7 Å². The lowest BCUT2D eigenvalue weighted by Gasteiger charge is -2.15. The minimum absolute atomic E-state index is 0.0571. The molecule has 0 aliphatic rings. The molecule has 2 rings (SSSR count). The van der Waals surface area contributed by atoms with Gasteiger partial charge in [0.05, 0.1) is 15.9 Å². The van der Waals surface area contributed by atoms with Gasteiger partial charge < -0.3 is 15.4 Å². The van der Waals surface area contributed by atoms with Crippen molar-refractivity contribution in [2.45, 2.75) is 33.4 Å². The fraction of sp³-hybridized carbons (Fsp3) is 0.375. The topological polar surface area (TPSA) is 51.1 Å². The Morgan fingerprint density at radius 2 is 2.16 bits per heavy atom. The summed E-state index contributed by atoms with van der Waals surface area (Å²) in [4.78, 5) is 0. The first-order valence-electron chi connectivity index (χ1n) is 7.65. The Morgan fingerprint density at radius 3 is 2.80 bits per heavy atom. The molecule has 5 nitrogen and oxygen atoms in total. The average molecular weight is 433 g/mol. The third-order valence-corrected chi connectivity index (χ3v) is 4.36. The second-order valence-corrected chi connectivity index (χ2v) is 6.70. The Bertz CT molecular complexity index is 719. The fourth-order valence-electron chi connectivity index (χ4n) is 2.16. The molecule has 1 aromatic heterocycles. The molecule has 0 spiro atoms. The van der Waals surface area contributed by atoms with Gasteiger partial charge in [-0.15, -0.1) is 0 Å². The first-order valence-corrected chi connectivity index (χ1v) is 8.85. The average Bonchev–Trinajstić information content (AvgIpc) is 2.84. The Hall–Kier alpha value is -1.74. The summed E-state index contributed by atoms with van der Waals surface area (Å²) in [5, 5.41) is 10.6. The maximum absolute atomic E-state index is 12.5.